The van der Waals surface area contributed by atoms with E-state index in [0.717, 1.165) is 0 Å². The molecule has 0 radical (unpaired) electrons. The van der Waals surface area contributed by atoms with Gasteiger partial charge in [0.05, 0.1) is 16.3 Å². The summed E-state index contributed by atoms with van der Waals surface area (Å²) in [6, 6.07) is 5.06. The molecular weight excluding hydrogens is 233 g/mol. The Balaban J connectivity index is 0. The summed E-state index contributed by atoms with van der Waals surface area (Å²) in [5, 5.41) is 12.0. The van der Waals surface area contributed by atoms with E-state index < -0.39 is 0 Å². The van der Waals surface area contributed by atoms with Crippen LogP contribution in [-0.2, 0) is 0 Å². The topological polar surface area (TPSA) is 32.6 Å². The van der Waals surface area contributed by atoms with Crippen LogP contribution in [-0.4, -0.2) is 11.4 Å². The van der Waals surface area contributed by atoms with Gasteiger partial charge in [0.15, 0.2) is 0 Å². The van der Waals surface area contributed by atoms with Gasteiger partial charge in [-0.1, -0.05) is 62.1 Å². The first-order chi connectivity index (χ1) is 7.25. The second-order valence-electron chi connectivity index (χ2n) is 1.88. The van der Waals surface area contributed by atoms with Crippen LogP contribution < -0.4 is 0 Å². The molecule has 0 aliphatic heterocycles. The molecule has 0 amide bonds. The van der Waals surface area contributed by atoms with E-state index in [4.69, 9.17) is 28.4 Å². The van der Waals surface area contributed by atoms with E-state index in [2.05, 4.69) is 5.16 Å². The van der Waals surface area contributed by atoms with E-state index in [1.807, 2.05) is 27.7 Å². The second-order valence-corrected chi connectivity index (χ2v) is 2.69. The van der Waals surface area contributed by atoms with Crippen LogP contribution in [0.1, 0.15) is 33.3 Å². The highest BCUT2D eigenvalue weighted by molar-refractivity contribution is 6.38. The summed E-state index contributed by atoms with van der Waals surface area (Å²) in [5.41, 5.74) is 0.526. The van der Waals surface area contributed by atoms with Crippen LogP contribution in [0.25, 0.3) is 0 Å². The molecule has 0 bridgehead atoms. The number of halogens is 2. The van der Waals surface area contributed by atoms with Crippen molar-refractivity contribution in [2.75, 3.05) is 0 Å². The maximum absolute atomic E-state index is 8.22. The normalized spacial score (nSPS) is 8.67. The minimum Gasteiger partial charge on any atom is -0.411 e. The van der Waals surface area contributed by atoms with Gasteiger partial charge in [-0.15, -0.1) is 0 Å². The molecule has 15 heavy (non-hydrogen) atoms. The third-order valence-corrected chi connectivity index (χ3v) is 1.85. The van der Waals surface area contributed by atoms with Crippen LogP contribution in [0.3, 0.4) is 0 Å². The number of hydrogen-bond acceptors (Lipinski definition) is 2. The van der Waals surface area contributed by atoms with Gasteiger partial charge in [-0.25, -0.2) is 0 Å². The molecule has 0 spiro atoms. The monoisotopic (exact) mass is 249 g/mol. The molecule has 2 nitrogen and oxygen atoms in total. The molecule has 0 aliphatic carbocycles. The molecule has 86 valence electrons. The highest BCUT2D eigenvalue weighted by Gasteiger charge is 2.00. The Morgan fingerprint density at radius 3 is 1.80 bits per heavy atom. The van der Waals surface area contributed by atoms with Crippen molar-refractivity contribution in [2.45, 2.75) is 27.7 Å². The molecule has 0 atom stereocenters. The molecule has 0 saturated heterocycles. The van der Waals surface area contributed by atoms with E-state index in [1.54, 1.807) is 18.2 Å². The summed E-state index contributed by atoms with van der Waals surface area (Å²) in [4.78, 5) is 0. The van der Waals surface area contributed by atoms with E-state index >= 15 is 0 Å². The van der Waals surface area contributed by atoms with Crippen LogP contribution in [0.2, 0.25) is 10.0 Å². The van der Waals surface area contributed by atoms with Gasteiger partial charge in [0.25, 0.3) is 0 Å². The zero-order chi connectivity index (χ0) is 12.3. The van der Waals surface area contributed by atoms with Crippen LogP contribution in [0, 0.1) is 0 Å². The molecule has 4 heteroatoms. The zero-order valence-corrected chi connectivity index (χ0v) is 11.0. The highest BCUT2D eigenvalue weighted by atomic mass is 35.5. The largest absolute Gasteiger partial charge is 0.411 e. The van der Waals surface area contributed by atoms with Gasteiger partial charge in [-0.2, -0.15) is 0 Å². The molecule has 1 aromatic rings. The third-order valence-electron chi connectivity index (χ3n) is 1.19. The smallest absolute Gasteiger partial charge is 0.0763 e. The number of nitrogens with zero attached hydrogens (tertiary/aromatic N) is 1. The molecule has 0 fully saturated rings. The lowest BCUT2D eigenvalue weighted by molar-refractivity contribution is 0.322. The first kappa shape index (κ1) is 16.7. The third kappa shape index (κ3) is 6.37. The van der Waals surface area contributed by atoms with Gasteiger partial charge >= 0.3 is 0 Å². The highest BCUT2D eigenvalue weighted by Crippen LogP contribution is 2.21. The predicted molar refractivity (Wildman–Crippen MR) is 68.5 cm³/mol. The van der Waals surface area contributed by atoms with E-state index in [1.165, 1.54) is 6.21 Å². The SMILES string of the molecule is CC.CC.O/N=C/c1c(Cl)cccc1Cl. The molecular formula is C11H17Cl2NO. The van der Waals surface area contributed by atoms with Gasteiger partial charge in [0.2, 0.25) is 0 Å². The lowest BCUT2D eigenvalue weighted by Gasteiger charge is -1.97. The Labute approximate surface area is 102 Å². The van der Waals surface area contributed by atoms with E-state index in [9.17, 15) is 0 Å². The minimum atomic E-state index is 0.468. The van der Waals surface area contributed by atoms with Crippen LogP contribution in [0.4, 0.5) is 0 Å². The van der Waals surface area contributed by atoms with Gasteiger partial charge < -0.3 is 5.21 Å². The maximum atomic E-state index is 8.22. The maximum Gasteiger partial charge on any atom is 0.0763 e. The summed E-state index contributed by atoms with van der Waals surface area (Å²) in [6.45, 7) is 8.00. The van der Waals surface area contributed by atoms with Crippen molar-refractivity contribution in [1.29, 1.82) is 0 Å². The van der Waals surface area contributed by atoms with E-state index in [0.29, 0.717) is 15.6 Å². The number of benzene rings is 1. The average Bonchev–Trinajstić information content (AvgIpc) is 2.29. The molecule has 0 heterocycles. The molecule has 0 saturated carbocycles. The minimum absolute atomic E-state index is 0.468. The average molecular weight is 250 g/mol. The fourth-order valence-corrected chi connectivity index (χ4v) is 1.19. The summed E-state index contributed by atoms with van der Waals surface area (Å²) in [5.74, 6) is 0. The Morgan fingerprint density at radius 1 is 1.07 bits per heavy atom. The summed E-state index contributed by atoms with van der Waals surface area (Å²) in [7, 11) is 0. The number of hydrogen-bond donors (Lipinski definition) is 1. The van der Waals surface area contributed by atoms with Gasteiger partial charge in [0, 0.05) is 5.56 Å². The number of rotatable bonds is 1. The fraction of sp³-hybridized carbons (Fsp3) is 0.364. The molecule has 0 aliphatic rings. The molecule has 1 rings (SSSR count). The van der Waals surface area contributed by atoms with E-state index in [-0.39, 0.29) is 0 Å². The summed E-state index contributed by atoms with van der Waals surface area (Å²) >= 11 is 11.4. The quantitative estimate of drug-likeness (QED) is 0.431. The van der Waals surface area contributed by atoms with Crippen LogP contribution >= 0.6 is 23.2 Å². The van der Waals surface area contributed by atoms with Crippen molar-refractivity contribution in [3.8, 4) is 0 Å². The first-order valence-electron chi connectivity index (χ1n) is 4.87. The van der Waals surface area contributed by atoms with Crippen molar-refractivity contribution in [1.82, 2.24) is 0 Å². The second kappa shape index (κ2) is 11.3. The van der Waals surface area contributed by atoms with Crippen LogP contribution in [0.15, 0.2) is 23.4 Å². The summed E-state index contributed by atoms with van der Waals surface area (Å²) in [6.07, 6.45) is 1.20. The Kier molecular flexibility index (Phi) is 12.6. The Morgan fingerprint density at radius 2 is 1.47 bits per heavy atom. The fourth-order valence-electron chi connectivity index (χ4n) is 0.692. The Bertz CT molecular complexity index is 268. The standard InChI is InChI=1S/C7H5Cl2NO.2C2H6/c8-6-2-1-3-7(9)5(6)4-10-11;2*1-2/h1-4,11H;2*1-2H3/b10-4+;;. The van der Waals surface area contributed by atoms with Gasteiger partial charge in [0.1, 0.15) is 0 Å². The number of oxime groups is 1. The van der Waals surface area contributed by atoms with Crippen molar-refractivity contribution < 1.29 is 5.21 Å². The Hall–Kier alpha value is -0.730. The van der Waals surface area contributed by atoms with Crippen LogP contribution in [0.5, 0.6) is 0 Å². The molecule has 0 unspecified atom stereocenters. The van der Waals surface area contributed by atoms with Crippen molar-refractivity contribution in [3.63, 3.8) is 0 Å². The molecule has 1 N–H and O–H groups in total. The zero-order valence-electron chi connectivity index (χ0n) is 9.46. The summed E-state index contributed by atoms with van der Waals surface area (Å²) < 4.78 is 0. The first-order valence-corrected chi connectivity index (χ1v) is 5.62. The van der Waals surface area contributed by atoms with Gasteiger partial charge in [-0.05, 0) is 12.1 Å². The van der Waals surface area contributed by atoms with Crippen molar-refractivity contribution >= 4 is 29.4 Å². The molecule has 1 aromatic carbocycles. The lowest BCUT2D eigenvalue weighted by atomic mass is 10.2. The van der Waals surface area contributed by atoms with Crippen molar-refractivity contribution in [2.24, 2.45) is 5.16 Å². The lowest BCUT2D eigenvalue weighted by Crippen LogP contribution is -1.83. The van der Waals surface area contributed by atoms with Gasteiger partial charge in [-0.3, -0.25) is 0 Å². The van der Waals surface area contributed by atoms with Crippen molar-refractivity contribution in [3.05, 3.63) is 33.8 Å². The predicted octanol–water partition coefficient (Wildman–Crippen LogP) is 4.85. The molecule has 0 aromatic heterocycles.